The summed E-state index contributed by atoms with van der Waals surface area (Å²) in [5.41, 5.74) is 6.67. The number of anilines is 1. The molecule has 0 fully saturated rings. The van der Waals surface area contributed by atoms with Crippen LogP contribution in [0.15, 0.2) is 35.9 Å². The molecular formula is C19H20ClNO2. The Kier molecular flexibility index (Phi) is 4.09. The minimum absolute atomic E-state index is 0.106. The van der Waals surface area contributed by atoms with Crippen LogP contribution in [0.1, 0.15) is 31.9 Å². The molecule has 1 heterocycles. The van der Waals surface area contributed by atoms with E-state index in [0.717, 1.165) is 22.4 Å². The molecule has 0 aromatic heterocycles. The van der Waals surface area contributed by atoms with Crippen LogP contribution < -0.4 is 5.32 Å². The van der Waals surface area contributed by atoms with Gasteiger partial charge in [0.05, 0.1) is 6.61 Å². The molecule has 4 heteroatoms. The average molecular weight is 330 g/mol. The Balaban J connectivity index is 2.29. The summed E-state index contributed by atoms with van der Waals surface area (Å²) in [7, 11) is 0. The Labute approximate surface area is 141 Å². The molecule has 0 bridgehead atoms. The summed E-state index contributed by atoms with van der Waals surface area (Å²) < 4.78 is 0. The molecule has 3 N–H and O–H groups in total. The van der Waals surface area contributed by atoms with Gasteiger partial charge in [-0.15, -0.1) is 0 Å². The second kappa shape index (κ2) is 5.91. The van der Waals surface area contributed by atoms with E-state index < -0.39 is 0 Å². The van der Waals surface area contributed by atoms with E-state index in [1.54, 1.807) is 18.2 Å². The third kappa shape index (κ3) is 2.60. The zero-order valence-electron chi connectivity index (χ0n) is 13.4. The minimum Gasteiger partial charge on any atom is -0.507 e. The zero-order valence-corrected chi connectivity index (χ0v) is 14.2. The van der Waals surface area contributed by atoms with Crippen molar-refractivity contribution >= 4 is 22.9 Å². The van der Waals surface area contributed by atoms with Crippen LogP contribution in [0.4, 0.5) is 5.69 Å². The van der Waals surface area contributed by atoms with Gasteiger partial charge in [-0.25, -0.2) is 0 Å². The molecule has 1 aliphatic heterocycles. The lowest BCUT2D eigenvalue weighted by atomic mass is 9.85. The number of nitrogens with one attached hydrogen (secondary N) is 1. The standard InChI is InChI=1S/C19H20ClNO2/c1-10-11(2)19-16(9-22)14(5-6-17(19)21-12(10)3)15-8-13(20)4-7-18(15)23/h4-8,12,21-23H,9H2,1-3H3. The van der Waals surface area contributed by atoms with Gasteiger partial charge in [-0.05, 0) is 67.3 Å². The fraction of sp³-hybridized carbons (Fsp3) is 0.263. The van der Waals surface area contributed by atoms with Crippen LogP contribution in [0.25, 0.3) is 16.7 Å². The number of hydrogen-bond donors (Lipinski definition) is 3. The lowest BCUT2D eigenvalue weighted by Gasteiger charge is -2.30. The largest absolute Gasteiger partial charge is 0.507 e. The van der Waals surface area contributed by atoms with Crippen molar-refractivity contribution in [2.24, 2.45) is 0 Å². The normalized spacial score (nSPS) is 17.0. The highest BCUT2D eigenvalue weighted by atomic mass is 35.5. The van der Waals surface area contributed by atoms with Gasteiger partial charge in [-0.2, -0.15) is 0 Å². The molecule has 3 rings (SSSR count). The Morgan fingerprint density at radius 2 is 1.87 bits per heavy atom. The molecule has 0 aliphatic carbocycles. The Morgan fingerprint density at radius 1 is 1.13 bits per heavy atom. The van der Waals surface area contributed by atoms with Gasteiger partial charge < -0.3 is 15.5 Å². The van der Waals surface area contributed by atoms with Crippen LogP contribution >= 0.6 is 11.6 Å². The summed E-state index contributed by atoms with van der Waals surface area (Å²) >= 11 is 6.08. The summed E-state index contributed by atoms with van der Waals surface area (Å²) in [5.74, 6) is 0.152. The highest BCUT2D eigenvalue weighted by Gasteiger charge is 2.23. The van der Waals surface area contributed by atoms with Gasteiger partial charge in [0.2, 0.25) is 0 Å². The van der Waals surface area contributed by atoms with Crippen molar-refractivity contribution in [1.29, 1.82) is 0 Å². The number of phenols is 1. The van der Waals surface area contributed by atoms with Gasteiger partial charge >= 0.3 is 0 Å². The highest BCUT2D eigenvalue weighted by molar-refractivity contribution is 6.31. The summed E-state index contributed by atoms with van der Waals surface area (Å²) in [5, 5.41) is 24.2. The first-order chi connectivity index (χ1) is 10.9. The molecule has 1 aliphatic rings. The predicted octanol–water partition coefficient (Wildman–Crippen LogP) is 4.81. The molecule has 2 aromatic rings. The van der Waals surface area contributed by atoms with Crippen LogP contribution in [0.3, 0.4) is 0 Å². The molecule has 23 heavy (non-hydrogen) atoms. The van der Waals surface area contributed by atoms with Crippen molar-refractivity contribution in [3.8, 4) is 16.9 Å². The number of phenolic OH excluding ortho intramolecular Hbond substituents is 1. The van der Waals surface area contributed by atoms with Gasteiger partial charge in [-0.1, -0.05) is 17.7 Å². The van der Waals surface area contributed by atoms with E-state index in [0.29, 0.717) is 10.6 Å². The summed E-state index contributed by atoms with van der Waals surface area (Å²) in [4.78, 5) is 0. The summed E-state index contributed by atoms with van der Waals surface area (Å²) in [6, 6.07) is 9.13. The maximum absolute atomic E-state index is 10.2. The SMILES string of the molecule is CC1=C(C)C(C)Nc2ccc(-c3cc(Cl)ccc3O)c(CO)c21. The first kappa shape index (κ1) is 15.9. The van der Waals surface area contributed by atoms with Gasteiger partial charge in [0.15, 0.2) is 0 Å². The first-order valence-electron chi connectivity index (χ1n) is 7.64. The van der Waals surface area contributed by atoms with Crippen molar-refractivity contribution in [3.05, 3.63) is 52.1 Å². The maximum Gasteiger partial charge on any atom is 0.123 e. The van der Waals surface area contributed by atoms with Crippen molar-refractivity contribution in [3.63, 3.8) is 0 Å². The number of fused-ring (bicyclic) bond motifs is 1. The molecule has 120 valence electrons. The van der Waals surface area contributed by atoms with Crippen LogP contribution in [0.5, 0.6) is 5.75 Å². The molecule has 3 nitrogen and oxygen atoms in total. The number of allylic oxidation sites excluding steroid dienone is 1. The molecular weight excluding hydrogens is 310 g/mol. The topological polar surface area (TPSA) is 52.5 Å². The monoisotopic (exact) mass is 329 g/mol. The van der Waals surface area contributed by atoms with Crippen LogP contribution in [-0.4, -0.2) is 16.3 Å². The lowest BCUT2D eigenvalue weighted by molar-refractivity contribution is 0.282. The van der Waals surface area contributed by atoms with Crippen molar-refractivity contribution in [2.45, 2.75) is 33.4 Å². The third-order valence-electron chi connectivity index (χ3n) is 4.71. The van der Waals surface area contributed by atoms with E-state index in [9.17, 15) is 10.2 Å². The number of aliphatic hydroxyl groups is 1. The molecule has 0 radical (unpaired) electrons. The van der Waals surface area contributed by atoms with E-state index in [2.05, 4.69) is 26.1 Å². The van der Waals surface area contributed by atoms with Gasteiger partial charge in [0, 0.05) is 27.9 Å². The van der Waals surface area contributed by atoms with E-state index in [-0.39, 0.29) is 18.4 Å². The molecule has 0 spiro atoms. The number of halogens is 1. The van der Waals surface area contributed by atoms with Crippen LogP contribution in [-0.2, 0) is 6.61 Å². The van der Waals surface area contributed by atoms with Crippen molar-refractivity contribution < 1.29 is 10.2 Å². The van der Waals surface area contributed by atoms with Crippen molar-refractivity contribution in [1.82, 2.24) is 0 Å². The second-order valence-electron chi connectivity index (χ2n) is 6.01. The number of benzene rings is 2. The average Bonchev–Trinajstić information content (AvgIpc) is 2.54. The lowest BCUT2D eigenvalue weighted by Crippen LogP contribution is -2.23. The first-order valence-corrected chi connectivity index (χ1v) is 8.01. The van der Waals surface area contributed by atoms with Gasteiger partial charge in [0.1, 0.15) is 5.75 Å². The quantitative estimate of drug-likeness (QED) is 0.741. The van der Waals surface area contributed by atoms with Gasteiger partial charge in [-0.3, -0.25) is 0 Å². The molecule has 0 saturated heterocycles. The Bertz CT molecular complexity index is 811. The van der Waals surface area contributed by atoms with E-state index in [1.165, 1.54) is 11.1 Å². The number of aromatic hydroxyl groups is 1. The Hall–Kier alpha value is -1.97. The zero-order chi connectivity index (χ0) is 16.7. The number of hydrogen-bond acceptors (Lipinski definition) is 3. The Morgan fingerprint density at radius 3 is 2.57 bits per heavy atom. The van der Waals surface area contributed by atoms with Crippen molar-refractivity contribution in [2.75, 3.05) is 5.32 Å². The number of aliphatic hydroxyl groups excluding tert-OH is 1. The summed E-state index contributed by atoms with van der Waals surface area (Å²) in [6.07, 6.45) is 0. The minimum atomic E-state index is -0.106. The van der Waals surface area contributed by atoms with E-state index in [1.807, 2.05) is 12.1 Å². The van der Waals surface area contributed by atoms with Crippen LogP contribution in [0.2, 0.25) is 5.02 Å². The van der Waals surface area contributed by atoms with Gasteiger partial charge in [0.25, 0.3) is 0 Å². The van der Waals surface area contributed by atoms with Crippen LogP contribution in [0, 0.1) is 0 Å². The van der Waals surface area contributed by atoms with E-state index in [4.69, 9.17) is 11.6 Å². The summed E-state index contributed by atoms with van der Waals surface area (Å²) in [6.45, 7) is 6.19. The highest BCUT2D eigenvalue weighted by Crippen LogP contribution is 2.42. The number of rotatable bonds is 2. The smallest absolute Gasteiger partial charge is 0.123 e. The second-order valence-corrected chi connectivity index (χ2v) is 6.44. The van der Waals surface area contributed by atoms with E-state index >= 15 is 0 Å². The molecule has 2 aromatic carbocycles. The maximum atomic E-state index is 10.2. The fourth-order valence-electron chi connectivity index (χ4n) is 3.20. The predicted molar refractivity (Wildman–Crippen MR) is 95.8 cm³/mol. The third-order valence-corrected chi connectivity index (χ3v) is 4.94. The molecule has 1 unspecified atom stereocenters. The fourth-order valence-corrected chi connectivity index (χ4v) is 3.37. The molecule has 0 amide bonds. The molecule has 0 saturated carbocycles. The molecule has 1 atom stereocenters.